The van der Waals surface area contributed by atoms with Crippen molar-refractivity contribution in [2.45, 2.75) is 6.92 Å². The topological polar surface area (TPSA) is 123 Å². The third-order valence-electron chi connectivity index (χ3n) is 3.24. The fraction of sp³-hybridized carbons (Fsp3) is 0.214. The largest absolute Gasteiger partial charge is 0.504 e. The lowest BCUT2D eigenvalue weighted by atomic mass is 10.2. The number of aromatic nitrogens is 5. The van der Waals surface area contributed by atoms with Crippen LogP contribution in [0.25, 0.3) is 22.6 Å². The van der Waals surface area contributed by atoms with E-state index >= 15 is 0 Å². The minimum absolute atomic E-state index is 0.00290. The van der Waals surface area contributed by atoms with Gasteiger partial charge in [-0.2, -0.15) is 0 Å². The second-order valence-electron chi connectivity index (χ2n) is 4.74. The van der Waals surface area contributed by atoms with Crippen molar-refractivity contribution in [2.24, 2.45) is 7.05 Å². The smallest absolute Gasteiger partial charge is 0.329 e. The quantitative estimate of drug-likeness (QED) is 0.706. The lowest BCUT2D eigenvalue weighted by molar-refractivity contribution is 0.318. The van der Waals surface area contributed by atoms with E-state index in [1.54, 1.807) is 19.1 Å². The number of aromatic amines is 1. The number of nitrogens with zero attached hydrogens (tertiary/aromatic N) is 4. The van der Waals surface area contributed by atoms with Crippen molar-refractivity contribution >= 4 is 11.2 Å². The van der Waals surface area contributed by atoms with Crippen molar-refractivity contribution in [2.75, 3.05) is 6.61 Å². The number of hydrogen-bond donors (Lipinski definition) is 2. The molecular weight excluding hydrogens is 302 g/mol. The number of phenolic OH excluding ortho intramolecular Hbond substituents is 1. The maximum Gasteiger partial charge on any atom is 0.329 e. The summed E-state index contributed by atoms with van der Waals surface area (Å²) in [5.41, 5.74) is -0.610. The molecule has 9 nitrogen and oxygen atoms in total. The Morgan fingerprint density at radius 3 is 2.83 bits per heavy atom. The summed E-state index contributed by atoms with van der Waals surface area (Å²) in [5, 5.41) is 17.5. The fourth-order valence-electron chi connectivity index (χ4n) is 2.04. The van der Waals surface area contributed by atoms with Gasteiger partial charge in [0.05, 0.1) is 6.61 Å². The molecule has 0 radical (unpaired) electrons. The van der Waals surface area contributed by atoms with Gasteiger partial charge in [0.2, 0.25) is 0 Å². The minimum Gasteiger partial charge on any atom is -0.504 e. The summed E-state index contributed by atoms with van der Waals surface area (Å²) in [6, 6.07) is 4.58. The van der Waals surface area contributed by atoms with E-state index in [-0.39, 0.29) is 28.5 Å². The summed E-state index contributed by atoms with van der Waals surface area (Å²) < 4.78 is 6.21. The number of phenols is 1. The van der Waals surface area contributed by atoms with E-state index in [2.05, 4.69) is 20.2 Å². The molecule has 3 rings (SSSR count). The van der Waals surface area contributed by atoms with Crippen LogP contribution in [-0.2, 0) is 7.05 Å². The summed E-state index contributed by atoms with van der Waals surface area (Å²) in [5.74, 6) is 0.454. The maximum absolute atomic E-state index is 12.1. The van der Waals surface area contributed by atoms with Gasteiger partial charge in [-0.05, 0) is 25.1 Å². The van der Waals surface area contributed by atoms with Gasteiger partial charge in [0.15, 0.2) is 28.5 Å². The Bertz CT molecular complexity index is 1010. The molecule has 0 fully saturated rings. The normalized spacial score (nSPS) is 10.9. The fourth-order valence-corrected chi connectivity index (χ4v) is 2.04. The summed E-state index contributed by atoms with van der Waals surface area (Å²) in [4.78, 5) is 30.2. The Labute approximate surface area is 129 Å². The molecule has 0 atom stereocenters. The molecule has 23 heavy (non-hydrogen) atoms. The van der Waals surface area contributed by atoms with Gasteiger partial charge < -0.3 is 9.84 Å². The number of benzene rings is 1. The zero-order valence-electron chi connectivity index (χ0n) is 12.4. The lowest BCUT2D eigenvalue weighted by Crippen LogP contribution is -2.33. The molecule has 2 aromatic heterocycles. The van der Waals surface area contributed by atoms with Crippen molar-refractivity contribution in [3.05, 3.63) is 39.0 Å². The monoisotopic (exact) mass is 315 g/mol. The van der Waals surface area contributed by atoms with Crippen LogP contribution < -0.4 is 16.0 Å². The lowest BCUT2D eigenvalue weighted by Gasteiger charge is -2.07. The van der Waals surface area contributed by atoms with Crippen molar-refractivity contribution < 1.29 is 9.84 Å². The van der Waals surface area contributed by atoms with Crippen molar-refractivity contribution in [1.82, 2.24) is 24.7 Å². The van der Waals surface area contributed by atoms with Gasteiger partial charge in [0, 0.05) is 12.6 Å². The molecule has 0 aliphatic heterocycles. The Morgan fingerprint density at radius 1 is 1.30 bits per heavy atom. The third kappa shape index (κ3) is 2.52. The molecule has 118 valence electrons. The van der Waals surface area contributed by atoms with E-state index in [1.165, 1.54) is 13.1 Å². The second-order valence-corrected chi connectivity index (χ2v) is 4.74. The first-order valence-electron chi connectivity index (χ1n) is 6.81. The van der Waals surface area contributed by atoms with Gasteiger partial charge in [-0.3, -0.25) is 14.3 Å². The van der Waals surface area contributed by atoms with Crippen LogP contribution in [0, 0.1) is 0 Å². The molecule has 0 aliphatic carbocycles. The third-order valence-corrected chi connectivity index (χ3v) is 3.24. The molecule has 2 heterocycles. The van der Waals surface area contributed by atoms with Gasteiger partial charge in [-0.25, -0.2) is 9.78 Å². The van der Waals surface area contributed by atoms with E-state index < -0.39 is 11.2 Å². The first-order valence-corrected chi connectivity index (χ1v) is 6.81. The van der Waals surface area contributed by atoms with Crippen LogP contribution in [0.5, 0.6) is 11.5 Å². The standard InChI is InChI=1S/C14H13N5O4/c1-3-23-9-6-7(4-5-8(9)20)11-15-10-12(18-17-11)16-14(22)19(2)13(10)21/h4-6,20H,3H2,1-2H3,(H,16,18,22). The zero-order valence-corrected chi connectivity index (χ0v) is 12.4. The highest BCUT2D eigenvalue weighted by Gasteiger charge is 2.12. The Morgan fingerprint density at radius 2 is 2.09 bits per heavy atom. The van der Waals surface area contributed by atoms with Gasteiger partial charge in [-0.1, -0.05) is 0 Å². The van der Waals surface area contributed by atoms with Crippen molar-refractivity contribution in [3.8, 4) is 22.9 Å². The Kier molecular flexibility index (Phi) is 3.53. The summed E-state index contributed by atoms with van der Waals surface area (Å²) in [6.07, 6.45) is 0. The Hall–Kier alpha value is -3.23. The van der Waals surface area contributed by atoms with Crippen molar-refractivity contribution in [3.63, 3.8) is 0 Å². The van der Waals surface area contributed by atoms with Crippen LogP contribution >= 0.6 is 0 Å². The number of aromatic hydroxyl groups is 1. The van der Waals surface area contributed by atoms with E-state index in [4.69, 9.17) is 4.74 Å². The van der Waals surface area contributed by atoms with Crippen LogP contribution in [0.4, 0.5) is 0 Å². The number of ether oxygens (including phenoxy) is 1. The zero-order chi connectivity index (χ0) is 16.6. The van der Waals surface area contributed by atoms with E-state index in [1.807, 2.05) is 0 Å². The highest BCUT2D eigenvalue weighted by Crippen LogP contribution is 2.30. The van der Waals surface area contributed by atoms with E-state index in [0.717, 1.165) is 4.57 Å². The average Bonchev–Trinajstić information content (AvgIpc) is 2.55. The van der Waals surface area contributed by atoms with E-state index in [0.29, 0.717) is 12.2 Å². The van der Waals surface area contributed by atoms with Crippen LogP contribution in [0.3, 0.4) is 0 Å². The van der Waals surface area contributed by atoms with Gasteiger partial charge in [0.1, 0.15) is 0 Å². The van der Waals surface area contributed by atoms with Gasteiger partial charge >= 0.3 is 5.69 Å². The predicted octanol–water partition coefficient (Wildman–Crippen LogP) is 0.183. The van der Waals surface area contributed by atoms with Gasteiger partial charge in [-0.15, -0.1) is 10.2 Å². The number of nitrogens with one attached hydrogen (secondary N) is 1. The Balaban J connectivity index is 2.20. The SMILES string of the molecule is CCOc1cc(-c2nnc3[nH]c(=O)n(C)c(=O)c3n2)ccc1O. The molecule has 9 heteroatoms. The summed E-state index contributed by atoms with van der Waals surface area (Å²) in [7, 11) is 1.34. The maximum atomic E-state index is 12.1. The molecule has 0 amide bonds. The number of rotatable bonds is 3. The molecule has 3 aromatic rings. The van der Waals surface area contributed by atoms with Crippen LogP contribution in [-0.4, -0.2) is 36.4 Å². The molecule has 1 aromatic carbocycles. The van der Waals surface area contributed by atoms with E-state index in [9.17, 15) is 14.7 Å². The van der Waals surface area contributed by atoms with Crippen LogP contribution in [0.1, 0.15) is 6.92 Å². The van der Waals surface area contributed by atoms with Crippen LogP contribution in [0.2, 0.25) is 0 Å². The van der Waals surface area contributed by atoms with Crippen molar-refractivity contribution in [1.29, 1.82) is 0 Å². The molecule has 0 spiro atoms. The number of hydrogen-bond acceptors (Lipinski definition) is 7. The first-order chi connectivity index (χ1) is 11.0. The van der Waals surface area contributed by atoms with Gasteiger partial charge in [0.25, 0.3) is 5.56 Å². The van der Waals surface area contributed by atoms with Crippen LogP contribution in [0.15, 0.2) is 27.8 Å². The predicted molar refractivity (Wildman–Crippen MR) is 81.5 cm³/mol. The first kappa shape index (κ1) is 14.7. The molecule has 0 saturated heterocycles. The second kappa shape index (κ2) is 5.52. The molecule has 2 N–H and O–H groups in total. The highest BCUT2D eigenvalue weighted by atomic mass is 16.5. The summed E-state index contributed by atoms with van der Waals surface area (Å²) >= 11 is 0. The number of fused-ring (bicyclic) bond motifs is 1. The minimum atomic E-state index is -0.588. The average molecular weight is 315 g/mol. The summed E-state index contributed by atoms with van der Waals surface area (Å²) in [6.45, 7) is 2.18. The molecule has 0 saturated carbocycles. The molecule has 0 aliphatic rings. The highest BCUT2D eigenvalue weighted by molar-refractivity contribution is 5.71. The molecule has 0 bridgehead atoms. The molecule has 0 unspecified atom stereocenters. The number of H-pyrrole nitrogens is 1. The molecular formula is C14H13N5O4.